The molecule has 0 radical (unpaired) electrons. The molecule has 0 fully saturated rings. The Balaban J connectivity index is 2.54. The first kappa shape index (κ1) is 11.5. The Hall–Kier alpha value is -1.58. The van der Waals surface area contributed by atoms with E-state index in [1.807, 2.05) is 31.1 Å². The molecule has 0 unspecified atom stereocenters. The first-order valence-electron chi connectivity index (χ1n) is 4.93. The maximum absolute atomic E-state index is 10.3. The second-order valence-electron chi connectivity index (χ2n) is 3.66. The van der Waals surface area contributed by atoms with Crippen LogP contribution in [0.15, 0.2) is 18.3 Å². The average Bonchev–Trinajstić information content (AvgIpc) is 2.17. The molecule has 1 heterocycles. The van der Waals surface area contributed by atoms with Crippen LogP contribution in [0, 0.1) is 0 Å². The molecule has 0 atom stereocenters. The number of carboxylic acid groups (broad SMARTS) is 1. The van der Waals surface area contributed by atoms with Gasteiger partial charge in [-0.2, -0.15) is 0 Å². The van der Waals surface area contributed by atoms with Crippen LogP contribution in [0.2, 0.25) is 0 Å². The summed E-state index contributed by atoms with van der Waals surface area (Å²) >= 11 is 0. The fourth-order valence-corrected chi connectivity index (χ4v) is 1.30. The van der Waals surface area contributed by atoms with Gasteiger partial charge in [0.15, 0.2) is 0 Å². The van der Waals surface area contributed by atoms with E-state index in [-0.39, 0.29) is 6.42 Å². The highest BCUT2D eigenvalue weighted by molar-refractivity contribution is 5.66. The van der Waals surface area contributed by atoms with Gasteiger partial charge in [0.05, 0.1) is 0 Å². The van der Waals surface area contributed by atoms with Gasteiger partial charge in [-0.25, -0.2) is 4.98 Å². The largest absolute Gasteiger partial charge is 0.481 e. The molecule has 1 N–H and O–H groups in total. The molecule has 1 aromatic heterocycles. The quantitative estimate of drug-likeness (QED) is 0.797. The lowest BCUT2D eigenvalue weighted by Gasteiger charge is -2.11. The molecule has 15 heavy (non-hydrogen) atoms. The van der Waals surface area contributed by atoms with Gasteiger partial charge in [-0.15, -0.1) is 0 Å². The molecular formula is C11H16N2O2. The van der Waals surface area contributed by atoms with E-state index in [9.17, 15) is 4.79 Å². The minimum atomic E-state index is -0.739. The van der Waals surface area contributed by atoms with Crippen molar-refractivity contribution in [2.24, 2.45) is 0 Å². The molecule has 0 aliphatic rings. The van der Waals surface area contributed by atoms with E-state index >= 15 is 0 Å². The van der Waals surface area contributed by atoms with Gasteiger partial charge in [-0.05, 0) is 30.5 Å². The minimum Gasteiger partial charge on any atom is -0.481 e. The predicted octanol–water partition coefficient (Wildman–Crippen LogP) is 1.55. The fourth-order valence-electron chi connectivity index (χ4n) is 1.30. The predicted molar refractivity (Wildman–Crippen MR) is 59.1 cm³/mol. The Morgan fingerprint density at radius 3 is 2.87 bits per heavy atom. The Bertz CT molecular complexity index is 337. The lowest BCUT2D eigenvalue weighted by Crippen LogP contribution is -2.10. The number of aromatic nitrogens is 1. The SMILES string of the molecule is CN(C)c1cc(CCCC(=O)O)ccn1. The van der Waals surface area contributed by atoms with Crippen molar-refractivity contribution in [3.05, 3.63) is 23.9 Å². The monoisotopic (exact) mass is 208 g/mol. The molecule has 0 aromatic carbocycles. The van der Waals surface area contributed by atoms with Gasteiger partial charge < -0.3 is 10.0 Å². The van der Waals surface area contributed by atoms with E-state index in [4.69, 9.17) is 5.11 Å². The highest BCUT2D eigenvalue weighted by Gasteiger charge is 2.01. The first-order chi connectivity index (χ1) is 7.09. The number of aryl methyl sites for hydroxylation is 1. The number of carboxylic acids is 1. The number of anilines is 1. The molecule has 0 aliphatic carbocycles. The van der Waals surface area contributed by atoms with Crippen molar-refractivity contribution >= 4 is 11.8 Å². The number of hydrogen-bond donors (Lipinski definition) is 1. The van der Waals surface area contributed by atoms with Crippen LogP contribution in [-0.2, 0) is 11.2 Å². The van der Waals surface area contributed by atoms with E-state index in [0.717, 1.165) is 17.8 Å². The summed E-state index contributed by atoms with van der Waals surface area (Å²) in [6.45, 7) is 0. The molecule has 0 saturated carbocycles. The van der Waals surface area contributed by atoms with Crippen LogP contribution in [-0.4, -0.2) is 30.2 Å². The van der Waals surface area contributed by atoms with Gasteiger partial charge in [0.1, 0.15) is 5.82 Å². The average molecular weight is 208 g/mol. The molecule has 1 aromatic rings. The second kappa shape index (κ2) is 5.34. The molecule has 0 aliphatic heterocycles. The normalized spacial score (nSPS) is 10.0. The van der Waals surface area contributed by atoms with Crippen molar-refractivity contribution in [2.75, 3.05) is 19.0 Å². The molecule has 4 nitrogen and oxygen atoms in total. The van der Waals surface area contributed by atoms with Gasteiger partial charge >= 0.3 is 5.97 Å². The zero-order chi connectivity index (χ0) is 11.3. The lowest BCUT2D eigenvalue weighted by molar-refractivity contribution is -0.137. The van der Waals surface area contributed by atoms with Gasteiger partial charge in [0.25, 0.3) is 0 Å². The van der Waals surface area contributed by atoms with Crippen molar-refractivity contribution in [2.45, 2.75) is 19.3 Å². The number of hydrogen-bond acceptors (Lipinski definition) is 3. The zero-order valence-electron chi connectivity index (χ0n) is 9.10. The van der Waals surface area contributed by atoms with Gasteiger partial charge in [-0.1, -0.05) is 0 Å². The Kier molecular flexibility index (Phi) is 4.09. The number of pyridine rings is 1. The summed E-state index contributed by atoms with van der Waals surface area (Å²) in [7, 11) is 3.87. The third kappa shape index (κ3) is 3.97. The fraction of sp³-hybridized carbons (Fsp3) is 0.455. The second-order valence-corrected chi connectivity index (χ2v) is 3.66. The van der Waals surface area contributed by atoms with E-state index in [0.29, 0.717) is 6.42 Å². The molecule has 0 bridgehead atoms. The maximum Gasteiger partial charge on any atom is 0.303 e. The van der Waals surface area contributed by atoms with Crippen LogP contribution >= 0.6 is 0 Å². The Morgan fingerprint density at radius 2 is 2.27 bits per heavy atom. The van der Waals surface area contributed by atoms with Crippen molar-refractivity contribution < 1.29 is 9.90 Å². The molecule has 0 spiro atoms. The van der Waals surface area contributed by atoms with E-state index in [1.165, 1.54) is 0 Å². The van der Waals surface area contributed by atoms with Crippen LogP contribution in [0.1, 0.15) is 18.4 Å². The molecule has 4 heteroatoms. The summed E-state index contributed by atoms with van der Waals surface area (Å²) < 4.78 is 0. The van der Waals surface area contributed by atoms with Crippen LogP contribution in [0.25, 0.3) is 0 Å². The third-order valence-corrected chi connectivity index (χ3v) is 2.12. The highest BCUT2D eigenvalue weighted by Crippen LogP contribution is 2.11. The summed E-state index contributed by atoms with van der Waals surface area (Å²) in [4.78, 5) is 16.5. The van der Waals surface area contributed by atoms with E-state index < -0.39 is 5.97 Å². The Morgan fingerprint density at radius 1 is 1.53 bits per heavy atom. The van der Waals surface area contributed by atoms with Crippen molar-refractivity contribution in [1.82, 2.24) is 4.98 Å². The van der Waals surface area contributed by atoms with Gasteiger partial charge in [-0.3, -0.25) is 4.79 Å². The minimum absolute atomic E-state index is 0.222. The molecule has 0 saturated heterocycles. The van der Waals surface area contributed by atoms with Crippen LogP contribution < -0.4 is 4.90 Å². The number of nitrogens with zero attached hydrogens (tertiary/aromatic N) is 2. The standard InChI is InChI=1S/C11H16N2O2/c1-13(2)10-8-9(6-7-12-10)4-3-5-11(14)15/h6-8H,3-5H2,1-2H3,(H,14,15). The van der Waals surface area contributed by atoms with Crippen molar-refractivity contribution in [3.63, 3.8) is 0 Å². The van der Waals surface area contributed by atoms with Crippen molar-refractivity contribution in [1.29, 1.82) is 0 Å². The highest BCUT2D eigenvalue weighted by atomic mass is 16.4. The molecule has 1 rings (SSSR count). The summed E-state index contributed by atoms with van der Waals surface area (Å²) in [5.41, 5.74) is 1.13. The zero-order valence-corrected chi connectivity index (χ0v) is 9.10. The molecule has 82 valence electrons. The van der Waals surface area contributed by atoms with Crippen molar-refractivity contribution in [3.8, 4) is 0 Å². The maximum atomic E-state index is 10.3. The van der Waals surface area contributed by atoms with E-state index in [2.05, 4.69) is 4.98 Å². The molecular weight excluding hydrogens is 192 g/mol. The van der Waals surface area contributed by atoms with E-state index in [1.54, 1.807) is 6.20 Å². The van der Waals surface area contributed by atoms with Crippen LogP contribution in [0.5, 0.6) is 0 Å². The topological polar surface area (TPSA) is 53.4 Å². The van der Waals surface area contributed by atoms with Crippen LogP contribution in [0.3, 0.4) is 0 Å². The number of aliphatic carboxylic acids is 1. The third-order valence-electron chi connectivity index (χ3n) is 2.12. The van der Waals surface area contributed by atoms with Crippen LogP contribution in [0.4, 0.5) is 5.82 Å². The summed E-state index contributed by atoms with van der Waals surface area (Å²) in [5.74, 6) is 0.166. The smallest absolute Gasteiger partial charge is 0.303 e. The summed E-state index contributed by atoms with van der Waals surface area (Å²) in [6.07, 6.45) is 3.44. The molecule has 0 amide bonds. The first-order valence-corrected chi connectivity index (χ1v) is 4.93. The van der Waals surface area contributed by atoms with Gasteiger partial charge in [0.2, 0.25) is 0 Å². The summed E-state index contributed by atoms with van der Waals surface area (Å²) in [5, 5.41) is 8.51. The lowest BCUT2D eigenvalue weighted by atomic mass is 10.1. The number of carbonyl (C=O) groups is 1. The Labute approximate surface area is 89.6 Å². The number of rotatable bonds is 5. The summed E-state index contributed by atoms with van der Waals surface area (Å²) in [6, 6.07) is 3.91. The van der Waals surface area contributed by atoms with Gasteiger partial charge in [0, 0.05) is 26.7 Å².